The maximum Gasteiger partial charge on any atom is 0.317 e. The molecule has 0 unspecified atom stereocenters. The number of rotatable bonds is 6. The zero-order chi connectivity index (χ0) is 13.7. The lowest BCUT2D eigenvalue weighted by molar-refractivity contribution is 0.0426. The van der Waals surface area contributed by atoms with Gasteiger partial charge in [-0.15, -0.1) is 0 Å². The molecule has 0 aromatic carbocycles. The molecule has 18 heavy (non-hydrogen) atoms. The van der Waals surface area contributed by atoms with E-state index in [-0.39, 0.29) is 6.03 Å². The molecule has 1 N–H and O–H groups in total. The second-order valence-electron chi connectivity index (χ2n) is 6.14. The number of nitrogens with one attached hydrogen (secondary N) is 1. The molecule has 0 atom stereocenters. The Balaban J connectivity index is 2.40. The largest absolute Gasteiger partial charge is 0.338 e. The van der Waals surface area contributed by atoms with Crippen LogP contribution >= 0.6 is 0 Å². The number of nitrogens with zero attached hydrogens (tertiary/aromatic N) is 2. The first-order chi connectivity index (χ1) is 8.43. The van der Waals surface area contributed by atoms with Gasteiger partial charge in [-0.3, -0.25) is 4.90 Å². The molecule has 0 aromatic rings. The lowest BCUT2D eigenvalue weighted by Gasteiger charge is -2.46. The van der Waals surface area contributed by atoms with Crippen LogP contribution < -0.4 is 5.32 Å². The van der Waals surface area contributed by atoms with Crippen molar-refractivity contribution in [2.45, 2.75) is 40.7 Å². The highest BCUT2D eigenvalue weighted by molar-refractivity contribution is 5.75. The van der Waals surface area contributed by atoms with Crippen molar-refractivity contribution in [3.8, 4) is 0 Å². The predicted molar refractivity (Wildman–Crippen MR) is 75.7 cm³/mol. The van der Waals surface area contributed by atoms with Crippen molar-refractivity contribution in [3.63, 3.8) is 0 Å². The van der Waals surface area contributed by atoms with Crippen molar-refractivity contribution in [1.29, 1.82) is 0 Å². The minimum atomic E-state index is 0.0859. The molecular weight excluding hydrogens is 226 g/mol. The molecule has 4 nitrogen and oxygen atoms in total. The minimum absolute atomic E-state index is 0.0859. The second-order valence-corrected chi connectivity index (χ2v) is 6.14. The van der Waals surface area contributed by atoms with Crippen LogP contribution in [0.4, 0.5) is 4.79 Å². The van der Waals surface area contributed by atoms with Gasteiger partial charge in [-0.1, -0.05) is 27.7 Å². The van der Waals surface area contributed by atoms with E-state index in [9.17, 15) is 4.79 Å². The summed E-state index contributed by atoms with van der Waals surface area (Å²) >= 11 is 0. The molecule has 0 aromatic heterocycles. The molecule has 0 radical (unpaired) electrons. The topological polar surface area (TPSA) is 35.6 Å². The second kappa shape index (κ2) is 6.98. The summed E-state index contributed by atoms with van der Waals surface area (Å²) in [5.74, 6) is 1.37. The summed E-state index contributed by atoms with van der Waals surface area (Å²) in [6.07, 6.45) is 0. The SMILES string of the molecule is CCNC(=O)N1CC(N(CC(C)C)CC(C)C)C1. The number of carbonyl (C=O) groups excluding carboxylic acids is 1. The summed E-state index contributed by atoms with van der Waals surface area (Å²) in [5, 5.41) is 2.86. The summed E-state index contributed by atoms with van der Waals surface area (Å²) < 4.78 is 0. The van der Waals surface area contributed by atoms with E-state index in [2.05, 4.69) is 37.9 Å². The molecule has 2 amide bonds. The van der Waals surface area contributed by atoms with Crippen LogP contribution in [0.2, 0.25) is 0 Å². The van der Waals surface area contributed by atoms with Gasteiger partial charge in [0.1, 0.15) is 0 Å². The van der Waals surface area contributed by atoms with Crippen LogP contribution in [0.1, 0.15) is 34.6 Å². The normalized spacial score (nSPS) is 16.6. The first-order valence-corrected chi connectivity index (χ1v) is 7.20. The summed E-state index contributed by atoms with van der Waals surface area (Å²) in [7, 11) is 0. The zero-order valence-corrected chi connectivity index (χ0v) is 12.6. The van der Waals surface area contributed by atoms with Crippen LogP contribution in [0, 0.1) is 11.8 Å². The molecule has 1 aliphatic rings. The predicted octanol–water partition coefficient (Wildman–Crippen LogP) is 2.01. The standard InChI is InChI=1S/C14H29N3O/c1-6-15-14(18)17-9-13(10-17)16(7-11(2)3)8-12(4)5/h11-13H,6-10H2,1-5H3,(H,15,18). The molecule has 4 heteroatoms. The van der Waals surface area contributed by atoms with Gasteiger partial charge in [0.15, 0.2) is 0 Å². The maximum absolute atomic E-state index is 11.6. The monoisotopic (exact) mass is 255 g/mol. The third kappa shape index (κ3) is 4.48. The molecule has 0 saturated carbocycles. The van der Waals surface area contributed by atoms with E-state index < -0.39 is 0 Å². The Morgan fingerprint density at radius 1 is 1.22 bits per heavy atom. The highest BCUT2D eigenvalue weighted by atomic mass is 16.2. The van der Waals surface area contributed by atoms with Gasteiger partial charge in [0, 0.05) is 38.8 Å². The molecule has 1 heterocycles. The van der Waals surface area contributed by atoms with Crippen molar-refractivity contribution in [2.75, 3.05) is 32.7 Å². The van der Waals surface area contributed by atoms with Crippen LogP contribution in [0.5, 0.6) is 0 Å². The van der Waals surface area contributed by atoms with Gasteiger partial charge in [-0.2, -0.15) is 0 Å². The summed E-state index contributed by atoms with van der Waals surface area (Å²) in [6.45, 7) is 15.7. The van der Waals surface area contributed by atoms with E-state index in [1.165, 1.54) is 0 Å². The lowest BCUT2D eigenvalue weighted by atomic mass is 10.0. The molecule has 1 fully saturated rings. The van der Waals surface area contributed by atoms with Crippen LogP contribution in [0.25, 0.3) is 0 Å². The molecular formula is C14H29N3O. The Hall–Kier alpha value is -0.770. The van der Waals surface area contributed by atoms with E-state index in [0.717, 1.165) is 26.2 Å². The third-order valence-corrected chi connectivity index (χ3v) is 3.19. The van der Waals surface area contributed by atoms with Crippen LogP contribution in [0.15, 0.2) is 0 Å². The molecule has 106 valence electrons. The fraction of sp³-hybridized carbons (Fsp3) is 0.929. The zero-order valence-electron chi connectivity index (χ0n) is 12.6. The van der Waals surface area contributed by atoms with Crippen molar-refractivity contribution < 1.29 is 4.79 Å². The Kier molecular flexibility index (Phi) is 5.93. The smallest absolute Gasteiger partial charge is 0.317 e. The summed E-state index contributed by atoms with van der Waals surface area (Å²) in [4.78, 5) is 16.1. The Labute approximate surface area is 112 Å². The molecule has 1 rings (SSSR count). The lowest BCUT2D eigenvalue weighted by Crippen LogP contribution is -2.63. The van der Waals surface area contributed by atoms with E-state index in [0.29, 0.717) is 24.4 Å². The van der Waals surface area contributed by atoms with E-state index >= 15 is 0 Å². The maximum atomic E-state index is 11.6. The first kappa shape index (κ1) is 15.3. The molecule has 1 saturated heterocycles. The van der Waals surface area contributed by atoms with Gasteiger partial charge in [0.05, 0.1) is 0 Å². The van der Waals surface area contributed by atoms with Gasteiger partial charge < -0.3 is 10.2 Å². The number of hydrogen-bond donors (Lipinski definition) is 1. The molecule has 0 bridgehead atoms. The van der Waals surface area contributed by atoms with Gasteiger partial charge in [0.25, 0.3) is 0 Å². The highest BCUT2D eigenvalue weighted by Gasteiger charge is 2.34. The Morgan fingerprint density at radius 2 is 1.72 bits per heavy atom. The molecule has 0 aliphatic carbocycles. The van der Waals surface area contributed by atoms with Crippen molar-refractivity contribution in [3.05, 3.63) is 0 Å². The van der Waals surface area contributed by atoms with Gasteiger partial charge in [0.2, 0.25) is 0 Å². The summed E-state index contributed by atoms with van der Waals surface area (Å²) in [5.41, 5.74) is 0. The van der Waals surface area contributed by atoms with Crippen molar-refractivity contribution in [2.24, 2.45) is 11.8 Å². The number of hydrogen-bond acceptors (Lipinski definition) is 2. The van der Waals surface area contributed by atoms with E-state index in [1.54, 1.807) is 0 Å². The fourth-order valence-electron chi connectivity index (χ4n) is 2.43. The number of urea groups is 1. The number of likely N-dealkylation sites (tertiary alicyclic amines) is 1. The van der Waals surface area contributed by atoms with Crippen LogP contribution in [-0.2, 0) is 0 Å². The Morgan fingerprint density at radius 3 is 2.11 bits per heavy atom. The minimum Gasteiger partial charge on any atom is -0.338 e. The van der Waals surface area contributed by atoms with Crippen LogP contribution in [0.3, 0.4) is 0 Å². The first-order valence-electron chi connectivity index (χ1n) is 7.20. The summed E-state index contributed by atoms with van der Waals surface area (Å²) in [6, 6.07) is 0.639. The Bertz CT molecular complexity index is 250. The average Bonchev–Trinajstić information content (AvgIpc) is 2.12. The quantitative estimate of drug-likeness (QED) is 0.788. The van der Waals surface area contributed by atoms with Gasteiger partial charge in [-0.25, -0.2) is 4.79 Å². The third-order valence-electron chi connectivity index (χ3n) is 3.19. The molecule has 1 aliphatic heterocycles. The van der Waals surface area contributed by atoms with Gasteiger partial charge in [-0.05, 0) is 18.8 Å². The number of carbonyl (C=O) groups is 1. The van der Waals surface area contributed by atoms with Gasteiger partial charge >= 0.3 is 6.03 Å². The number of amides is 2. The molecule has 0 spiro atoms. The van der Waals surface area contributed by atoms with Crippen molar-refractivity contribution in [1.82, 2.24) is 15.1 Å². The van der Waals surface area contributed by atoms with E-state index in [1.807, 2.05) is 11.8 Å². The van der Waals surface area contributed by atoms with Crippen molar-refractivity contribution >= 4 is 6.03 Å². The van der Waals surface area contributed by atoms with E-state index in [4.69, 9.17) is 0 Å². The average molecular weight is 255 g/mol. The fourth-order valence-corrected chi connectivity index (χ4v) is 2.43. The highest BCUT2D eigenvalue weighted by Crippen LogP contribution is 2.18. The van der Waals surface area contributed by atoms with Crippen LogP contribution in [-0.4, -0.2) is 54.6 Å².